The molecule has 0 bridgehead atoms. The molecule has 0 aromatic carbocycles. The Kier molecular flexibility index (Phi) is 9.64. The summed E-state index contributed by atoms with van der Waals surface area (Å²) in [6, 6.07) is 0. The minimum Gasteiger partial charge on any atom is -0.306 e. The topological polar surface area (TPSA) is 69.7 Å². The molecule has 0 spiro atoms. The van der Waals surface area contributed by atoms with Gasteiger partial charge in [0.2, 0.25) is 0 Å². The summed E-state index contributed by atoms with van der Waals surface area (Å²) in [6.45, 7) is 7.04. The molecule has 0 saturated carbocycles. The summed E-state index contributed by atoms with van der Waals surface area (Å²) in [5.74, 6) is 0.204. The Morgan fingerprint density at radius 1 is 0.950 bits per heavy atom. The number of rotatable bonds is 11. The van der Waals surface area contributed by atoms with Crippen LogP contribution in [0.2, 0.25) is 0 Å². The maximum absolute atomic E-state index is 12.6. The number of carbonyl (C=O) groups excluding carboxylic acids is 2. The van der Waals surface area contributed by atoms with Crippen LogP contribution in [0.4, 0.5) is 0 Å². The van der Waals surface area contributed by atoms with Gasteiger partial charge >= 0.3 is 7.60 Å². The molecule has 0 aromatic heterocycles. The number of Topliss-reactive ketones (excluding diaryl/α,β-unsaturated/α-hetero) is 2. The lowest BCUT2D eigenvalue weighted by Crippen LogP contribution is -2.08. The van der Waals surface area contributed by atoms with Gasteiger partial charge in [0, 0.05) is 5.82 Å². The van der Waals surface area contributed by atoms with Crippen molar-refractivity contribution in [2.75, 3.05) is 13.2 Å². The zero-order chi connectivity index (χ0) is 15.6. The standard InChI is InChI=1S/C14H25O5P/c1-5-7-9-18-20(17,19-10-8-6-2)11-14(12(3)15)13(4)16/h11H,5-10H2,1-4H3. The number of unbranched alkanes of at least 4 members (excludes halogenated alkanes) is 2. The van der Waals surface area contributed by atoms with E-state index in [-0.39, 0.29) is 18.8 Å². The van der Waals surface area contributed by atoms with Crippen LogP contribution in [0.15, 0.2) is 11.4 Å². The fourth-order valence-electron chi connectivity index (χ4n) is 1.37. The molecule has 6 heteroatoms. The van der Waals surface area contributed by atoms with Gasteiger partial charge in [-0.3, -0.25) is 14.2 Å². The fraction of sp³-hybridized carbons (Fsp3) is 0.714. The molecular formula is C14H25O5P. The van der Waals surface area contributed by atoms with Crippen LogP contribution in [-0.4, -0.2) is 24.8 Å². The molecule has 0 aliphatic rings. The zero-order valence-corrected chi connectivity index (χ0v) is 13.7. The third-order valence-electron chi connectivity index (χ3n) is 2.58. The van der Waals surface area contributed by atoms with Crippen molar-refractivity contribution in [3.8, 4) is 0 Å². The Labute approximate surface area is 121 Å². The van der Waals surface area contributed by atoms with E-state index in [0.717, 1.165) is 31.5 Å². The molecule has 20 heavy (non-hydrogen) atoms. The maximum atomic E-state index is 12.6. The first kappa shape index (κ1) is 19.2. The average Bonchev–Trinajstić information content (AvgIpc) is 2.36. The minimum atomic E-state index is -3.55. The summed E-state index contributed by atoms with van der Waals surface area (Å²) >= 11 is 0. The second kappa shape index (κ2) is 10.0. The normalized spacial score (nSPS) is 11.2. The highest BCUT2D eigenvalue weighted by Gasteiger charge is 2.25. The van der Waals surface area contributed by atoms with Crippen molar-refractivity contribution < 1.29 is 23.2 Å². The van der Waals surface area contributed by atoms with Gasteiger partial charge in [0.25, 0.3) is 0 Å². The molecule has 0 aliphatic heterocycles. The summed E-state index contributed by atoms with van der Waals surface area (Å²) < 4.78 is 23.2. The van der Waals surface area contributed by atoms with Crippen LogP contribution in [-0.2, 0) is 23.2 Å². The van der Waals surface area contributed by atoms with Crippen molar-refractivity contribution >= 4 is 19.2 Å². The molecule has 0 rings (SSSR count). The number of carbonyl (C=O) groups is 2. The van der Waals surface area contributed by atoms with Crippen molar-refractivity contribution in [1.29, 1.82) is 0 Å². The smallest absolute Gasteiger partial charge is 0.306 e. The van der Waals surface area contributed by atoms with E-state index in [9.17, 15) is 14.2 Å². The predicted octanol–water partition coefficient (Wildman–Crippen LogP) is 3.87. The SMILES string of the molecule is CCCCOP(=O)(C=C(C(C)=O)C(C)=O)OCCCC. The van der Waals surface area contributed by atoms with Crippen molar-refractivity contribution in [1.82, 2.24) is 0 Å². The van der Waals surface area contributed by atoms with Crippen molar-refractivity contribution in [2.24, 2.45) is 0 Å². The van der Waals surface area contributed by atoms with Crippen LogP contribution in [0.3, 0.4) is 0 Å². The lowest BCUT2D eigenvalue weighted by molar-refractivity contribution is -0.119. The highest BCUT2D eigenvalue weighted by Crippen LogP contribution is 2.51. The van der Waals surface area contributed by atoms with E-state index in [4.69, 9.17) is 9.05 Å². The molecule has 0 aromatic rings. The molecule has 116 valence electrons. The lowest BCUT2D eigenvalue weighted by Gasteiger charge is -2.16. The number of ketones is 2. The van der Waals surface area contributed by atoms with Crippen LogP contribution >= 0.6 is 7.60 Å². The van der Waals surface area contributed by atoms with Gasteiger partial charge in [-0.2, -0.15) is 0 Å². The van der Waals surface area contributed by atoms with E-state index in [2.05, 4.69) is 0 Å². The third-order valence-corrected chi connectivity index (χ3v) is 4.24. The van der Waals surface area contributed by atoms with Crippen LogP contribution in [0.5, 0.6) is 0 Å². The molecular weight excluding hydrogens is 279 g/mol. The molecule has 5 nitrogen and oxygen atoms in total. The van der Waals surface area contributed by atoms with Gasteiger partial charge < -0.3 is 9.05 Å². The lowest BCUT2D eigenvalue weighted by atomic mass is 10.1. The average molecular weight is 304 g/mol. The zero-order valence-electron chi connectivity index (χ0n) is 12.8. The van der Waals surface area contributed by atoms with Crippen LogP contribution in [0.25, 0.3) is 0 Å². The van der Waals surface area contributed by atoms with Gasteiger partial charge in [0.1, 0.15) is 0 Å². The number of allylic oxidation sites excluding steroid dienone is 1. The summed E-state index contributed by atoms with van der Waals surface area (Å²) in [4.78, 5) is 22.8. The Hall–Kier alpha value is -0.770. The fourth-order valence-corrected chi connectivity index (χ4v) is 3.04. The molecule has 0 heterocycles. The molecule has 0 N–H and O–H groups in total. The minimum absolute atomic E-state index is 0.124. The van der Waals surface area contributed by atoms with Gasteiger partial charge in [-0.1, -0.05) is 26.7 Å². The van der Waals surface area contributed by atoms with E-state index < -0.39 is 19.2 Å². The largest absolute Gasteiger partial charge is 0.355 e. The van der Waals surface area contributed by atoms with Gasteiger partial charge in [0.15, 0.2) is 11.6 Å². The quantitative estimate of drug-likeness (QED) is 0.190. The summed E-state index contributed by atoms with van der Waals surface area (Å²) in [6.07, 6.45) is 3.27. The van der Waals surface area contributed by atoms with Crippen molar-refractivity contribution in [3.63, 3.8) is 0 Å². The summed E-state index contributed by atoms with van der Waals surface area (Å²) in [7, 11) is -3.55. The number of hydrogen-bond donors (Lipinski definition) is 0. The Morgan fingerprint density at radius 3 is 1.65 bits per heavy atom. The van der Waals surface area contributed by atoms with E-state index in [1.807, 2.05) is 13.8 Å². The monoisotopic (exact) mass is 304 g/mol. The molecule has 0 saturated heterocycles. The first-order valence-corrected chi connectivity index (χ1v) is 8.61. The van der Waals surface area contributed by atoms with Gasteiger partial charge in [-0.25, -0.2) is 0 Å². The van der Waals surface area contributed by atoms with Crippen LogP contribution < -0.4 is 0 Å². The molecule has 0 unspecified atom stereocenters. The van der Waals surface area contributed by atoms with Crippen molar-refractivity contribution in [2.45, 2.75) is 53.4 Å². The Bertz CT molecular complexity index is 370. The third kappa shape index (κ3) is 7.73. The molecule has 0 atom stereocenters. The van der Waals surface area contributed by atoms with Gasteiger partial charge in [0.05, 0.1) is 18.8 Å². The molecule has 0 aliphatic carbocycles. The Balaban J connectivity index is 5.07. The second-order valence-corrected chi connectivity index (χ2v) is 6.42. The number of hydrogen-bond acceptors (Lipinski definition) is 5. The van der Waals surface area contributed by atoms with E-state index in [1.165, 1.54) is 13.8 Å². The Morgan fingerprint density at radius 2 is 1.35 bits per heavy atom. The van der Waals surface area contributed by atoms with E-state index >= 15 is 0 Å². The van der Waals surface area contributed by atoms with E-state index in [1.54, 1.807) is 0 Å². The highest BCUT2D eigenvalue weighted by molar-refractivity contribution is 7.57. The molecule has 0 amide bonds. The van der Waals surface area contributed by atoms with E-state index in [0.29, 0.717) is 0 Å². The maximum Gasteiger partial charge on any atom is 0.355 e. The van der Waals surface area contributed by atoms with Gasteiger partial charge in [-0.05, 0) is 26.7 Å². The summed E-state index contributed by atoms with van der Waals surface area (Å²) in [5.41, 5.74) is -0.124. The van der Waals surface area contributed by atoms with Crippen LogP contribution in [0.1, 0.15) is 53.4 Å². The first-order chi connectivity index (χ1) is 9.36. The molecule has 0 fully saturated rings. The van der Waals surface area contributed by atoms with Crippen LogP contribution in [0, 0.1) is 0 Å². The summed E-state index contributed by atoms with van der Waals surface area (Å²) in [5, 5.41) is 0. The predicted molar refractivity (Wildman–Crippen MR) is 78.8 cm³/mol. The van der Waals surface area contributed by atoms with Crippen molar-refractivity contribution in [3.05, 3.63) is 11.4 Å². The van der Waals surface area contributed by atoms with Gasteiger partial charge in [-0.15, -0.1) is 0 Å². The molecule has 0 radical (unpaired) electrons. The highest BCUT2D eigenvalue weighted by atomic mass is 31.2. The second-order valence-electron chi connectivity index (χ2n) is 4.57. The first-order valence-electron chi connectivity index (χ1n) is 6.99.